The molecule has 1 aliphatic heterocycles. The maximum Gasteiger partial charge on any atom is 0.272 e. The van der Waals surface area contributed by atoms with Gasteiger partial charge in [0.25, 0.3) is 5.91 Å². The average molecular weight is 397 g/mol. The Morgan fingerprint density at radius 3 is 2.40 bits per heavy atom. The van der Waals surface area contributed by atoms with Crippen molar-refractivity contribution in [3.05, 3.63) is 89.7 Å². The van der Waals surface area contributed by atoms with Crippen LogP contribution < -0.4 is 5.32 Å². The zero-order valence-corrected chi connectivity index (χ0v) is 16.7. The Labute approximate surface area is 176 Å². The molecule has 4 rings (SSSR count). The molecule has 6 heteroatoms. The fourth-order valence-corrected chi connectivity index (χ4v) is 3.53. The van der Waals surface area contributed by atoms with Gasteiger partial charge >= 0.3 is 0 Å². The molecule has 3 aromatic rings. The van der Waals surface area contributed by atoms with Crippen LogP contribution in [0.1, 0.15) is 21.6 Å². The summed E-state index contributed by atoms with van der Waals surface area (Å²) in [6, 6.07) is 23.3. The second-order valence-electron chi connectivity index (χ2n) is 7.30. The average Bonchev–Trinajstić information content (AvgIpc) is 2.80. The van der Waals surface area contributed by atoms with Crippen molar-refractivity contribution in [2.75, 3.05) is 31.5 Å². The zero-order valence-electron chi connectivity index (χ0n) is 16.7. The lowest BCUT2D eigenvalue weighted by atomic mass is 10.2. The molecule has 0 unspecified atom stereocenters. The molecule has 2 heterocycles. The first-order valence-corrected chi connectivity index (χ1v) is 10.00. The molecule has 0 spiro atoms. The molecule has 1 aliphatic rings. The maximum absolute atomic E-state index is 12.9. The highest BCUT2D eigenvalue weighted by atomic mass is 16.2. The Hall–Kier alpha value is -3.69. The monoisotopic (exact) mass is 397 g/mol. The molecule has 0 bridgehead atoms. The molecule has 2 aromatic carbocycles. The lowest BCUT2D eigenvalue weighted by molar-refractivity contribution is 0.0623. The number of amides is 1. The summed E-state index contributed by atoms with van der Waals surface area (Å²) in [7, 11) is 0. The second kappa shape index (κ2) is 9.21. The minimum atomic E-state index is -0.0437. The molecular formula is C24H23N5O. The first kappa shape index (κ1) is 19.6. The van der Waals surface area contributed by atoms with Crippen LogP contribution in [0.4, 0.5) is 11.4 Å². The summed E-state index contributed by atoms with van der Waals surface area (Å²) < 4.78 is 0. The molecule has 1 amide bonds. The highest BCUT2D eigenvalue weighted by Gasteiger charge is 2.23. The Kier molecular flexibility index (Phi) is 6.02. The topological polar surface area (TPSA) is 72.3 Å². The van der Waals surface area contributed by atoms with Crippen LogP contribution in [0.2, 0.25) is 0 Å². The van der Waals surface area contributed by atoms with E-state index in [4.69, 9.17) is 5.26 Å². The van der Waals surface area contributed by atoms with Gasteiger partial charge in [-0.3, -0.25) is 14.7 Å². The van der Waals surface area contributed by atoms with E-state index in [2.05, 4.69) is 45.5 Å². The number of pyridine rings is 1. The van der Waals surface area contributed by atoms with Gasteiger partial charge in [-0.15, -0.1) is 0 Å². The van der Waals surface area contributed by atoms with E-state index in [-0.39, 0.29) is 5.91 Å². The smallest absolute Gasteiger partial charge is 0.272 e. The Balaban J connectivity index is 1.35. The minimum Gasteiger partial charge on any atom is -0.355 e. The van der Waals surface area contributed by atoms with E-state index < -0.39 is 0 Å². The molecule has 30 heavy (non-hydrogen) atoms. The van der Waals surface area contributed by atoms with Crippen LogP contribution in [0, 0.1) is 11.3 Å². The number of aromatic nitrogens is 1. The van der Waals surface area contributed by atoms with Crippen molar-refractivity contribution in [2.45, 2.75) is 6.54 Å². The fraction of sp³-hybridized carbons (Fsp3) is 0.208. The lowest BCUT2D eigenvalue weighted by Gasteiger charge is -2.34. The summed E-state index contributed by atoms with van der Waals surface area (Å²) in [6.07, 6.45) is 1.64. The third-order valence-corrected chi connectivity index (χ3v) is 5.19. The van der Waals surface area contributed by atoms with Crippen molar-refractivity contribution in [3.8, 4) is 6.07 Å². The molecule has 1 aromatic heterocycles. The SMILES string of the molecule is N#Cc1ccc(Nc2ccnc(C(=O)N3CCN(Cc4ccccc4)CC3)c2)cc1. The number of hydrogen-bond donors (Lipinski definition) is 1. The molecule has 1 saturated heterocycles. The number of nitrogens with one attached hydrogen (secondary N) is 1. The molecule has 0 saturated carbocycles. The number of rotatable bonds is 5. The van der Waals surface area contributed by atoms with Gasteiger partial charge in [0.05, 0.1) is 11.6 Å². The van der Waals surface area contributed by atoms with Crippen LogP contribution in [-0.4, -0.2) is 46.9 Å². The van der Waals surface area contributed by atoms with E-state index in [9.17, 15) is 4.79 Å². The second-order valence-corrected chi connectivity index (χ2v) is 7.30. The van der Waals surface area contributed by atoms with Gasteiger partial charge in [-0.1, -0.05) is 30.3 Å². The summed E-state index contributed by atoms with van der Waals surface area (Å²) in [5.41, 5.74) is 3.98. The van der Waals surface area contributed by atoms with Crippen molar-refractivity contribution in [3.63, 3.8) is 0 Å². The first-order valence-electron chi connectivity index (χ1n) is 10.00. The standard InChI is InChI=1S/C24H23N5O/c25-17-19-6-8-21(9-7-19)27-22-10-11-26-23(16-22)24(30)29-14-12-28(13-15-29)18-20-4-2-1-3-5-20/h1-11,16H,12-15,18H2,(H,26,27). The molecule has 0 atom stereocenters. The van der Waals surface area contributed by atoms with Crippen molar-refractivity contribution in [1.29, 1.82) is 5.26 Å². The quantitative estimate of drug-likeness (QED) is 0.711. The maximum atomic E-state index is 12.9. The number of piperazine rings is 1. The van der Waals surface area contributed by atoms with Gasteiger partial charge in [0.15, 0.2) is 0 Å². The third-order valence-electron chi connectivity index (χ3n) is 5.19. The van der Waals surface area contributed by atoms with Crippen LogP contribution in [0.3, 0.4) is 0 Å². The van der Waals surface area contributed by atoms with E-state index in [0.29, 0.717) is 24.3 Å². The van der Waals surface area contributed by atoms with E-state index in [1.165, 1.54) is 5.56 Å². The number of benzene rings is 2. The van der Waals surface area contributed by atoms with Crippen molar-refractivity contribution in [1.82, 2.24) is 14.8 Å². The van der Waals surface area contributed by atoms with Gasteiger partial charge in [0.1, 0.15) is 5.69 Å². The Morgan fingerprint density at radius 2 is 1.70 bits per heavy atom. The molecule has 1 N–H and O–H groups in total. The largest absolute Gasteiger partial charge is 0.355 e. The van der Waals surface area contributed by atoms with Crippen molar-refractivity contribution >= 4 is 17.3 Å². The predicted octanol–water partition coefficient (Wildman–Crippen LogP) is 3.65. The highest BCUT2D eigenvalue weighted by Crippen LogP contribution is 2.18. The van der Waals surface area contributed by atoms with Gasteiger partial charge in [-0.25, -0.2) is 0 Å². The zero-order chi connectivity index (χ0) is 20.8. The predicted molar refractivity (Wildman–Crippen MR) is 116 cm³/mol. The number of hydrogen-bond acceptors (Lipinski definition) is 5. The number of anilines is 2. The Morgan fingerprint density at radius 1 is 0.967 bits per heavy atom. The lowest BCUT2D eigenvalue weighted by Crippen LogP contribution is -2.48. The highest BCUT2D eigenvalue weighted by molar-refractivity contribution is 5.93. The fourth-order valence-electron chi connectivity index (χ4n) is 3.53. The number of carbonyl (C=O) groups is 1. The van der Waals surface area contributed by atoms with Crippen LogP contribution in [0.5, 0.6) is 0 Å². The molecular weight excluding hydrogens is 374 g/mol. The van der Waals surface area contributed by atoms with E-state index in [1.54, 1.807) is 24.4 Å². The van der Waals surface area contributed by atoms with Crippen LogP contribution in [-0.2, 0) is 6.54 Å². The van der Waals surface area contributed by atoms with Gasteiger partial charge in [-0.2, -0.15) is 5.26 Å². The van der Waals surface area contributed by atoms with Gasteiger partial charge in [0, 0.05) is 50.3 Å². The van der Waals surface area contributed by atoms with E-state index in [0.717, 1.165) is 31.0 Å². The van der Waals surface area contributed by atoms with Gasteiger partial charge in [-0.05, 0) is 42.0 Å². The number of carbonyl (C=O) groups excluding carboxylic acids is 1. The van der Waals surface area contributed by atoms with Crippen molar-refractivity contribution < 1.29 is 4.79 Å². The molecule has 0 aliphatic carbocycles. The summed E-state index contributed by atoms with van der Waals surface area (Å²) in [5, 5.41) is 12.2. The summed E-state index contributed by atoms with van der Waals surface area (Å²) in [6.45, 7) is 4.00. The molecule has 0 radical (unpaired) electrons. The van der Waals surface area contributed by atoms with Crippen LogP contribution in [0.15, 0.2) is 72.9 Å². The first-order chi connectivity index (χ1) is 14.7. The van der Waals surface area contributed by atoms with E-state index in [1.807, 2.05) is 29.2 Å². The summed E-state index contributed by atoms with van der Waals surface area (Å²) in [5.74, 6) is -0.0437. The molecule has 150 valence electrons. The molecule has 6 nitrogen and oxygen atoms in total. The Bertz CT molecular complexity index is 1040. The van der Waals surface area contributed by atoms with Crippen molar-refractivity contribution in [2.24, 2.45) is 0 Å². The minimum absolute atomic E-state index is 0.0437. The van der Waals surface area contributed by atoms with E-state index >= 15 is 0 Å². The third kappa shape index (κ3) is 4.83. The number of nitrogens with zero attached hydrogens (tertiary/aromatic N) is 4. The molecule has 1 fully saturated rings. The van der Waals surface area contributed by atoms with Gasteiger partial charge in [0.2, 0.25) is 0 Å². The summed E-state index contributed by atoms with van der Waals surface area (Å²) >= 11 is 0. The van der Waals surface area contributed by atoms with Crippen LogP contribution in [0.25, 0.3) is 0 Å². The summed E-state index contributed by atoms with van der Waals surface area (Å²) in [4.78, 5) is 21.5. The number of nitriles is 1. The van der Waals surface area contributed by atoms with Gasteiger partial charge < -0.3 is 10.2 Å². The van der Waals surface area contributed by atoms with Crippen LogP contribution >= 0.6 is 0 Å². The normalized spacial score (nSPS) is 14.2.